The Hall–Kier alpha value is -2.90. The summed E-state index contributed by atoms with van der Waals surface area (Å²) in [6.07, 6.45) is 3.27. The van der Waals surface area contributed by atoms with E-state index in [1.54, 1.807) is 18.2 Å². The van der Waals surface area contributed by atoms with Gasteiger partial charge < -0.3 is 14.2 Å². The standard InChI is InChI=1S/C21H23NO7/c23-16(13-5-6-17-18(11-13)28-10-9-27-17)12-29-19(24)7-8-22-20(25)14-3-1-2-4-15(14)21(22)26/h5-6,11,14-15H,1-4,7-10,12H2/t14-,15+. The summed E-state index contributed by atoms with van der Waals surface area (Å²) in [5.74, 6) is -0.750. The fourth-order valence-corrected chi connectivity index (χ4v) is 4.17. The Morgan fingerprint density at radius 1 is 1.00 bits per heavy atom. The van der Waals surface area contributed by atoms with Crippen LogP contribution in [0.5, 0.6) is 11.5 Å². The number of Topliss-reactive ketones (excluding diaryl/α,β-unsaturated/α-hetero) is 1. The third-order valence-electron chi connectivity index (χ3n) is 5.70. The average molecular weight is 401 g/mol. The average Bonchev–Trinajstić information content (AvgIpc) is 3.00. The minimum absolute atomic E-state index is 0.00170. The van der Waals surface area contributed by atoms with Crippen LogP contribution in [-0.4, -0.2) is 54.8 Å². The molecule has 8 nitrogen and oxygen atoms in total. The largest absolute Gasteiger partial charge is 0.486 e. The molecule has 154 valence electrons. The number of carbonyl (C=O) groups is 4. The fraction of sp³-hybridized carbons (Fsp3) is 0.524. The van der Waals surface area contributed by atoms with E-state index in [9.17, 15) is 19.2 Å². The Morgan fingerprint density at radius 2 is 1.66 bits per heavy atom. The van der Waals surface area contributed by atoms with E-state index in [4.69, 9.17) is 14.2 Å². The van der Waals surface area contributed by atoms with Gasteiger partial charge in [-0.1, -0.05) is 12.8 Å². The van der Waals surface area contributed by atoms with Crippen LogP contribution < -0.4 is 9.47 Å². The maximum atomic E-state index is 12.4. The van der Waals surface area contributed by atoms with Crippen molar-refractivity contribution in [2.24, 2.45) is 11.8 Å². The number of amides is 2. The number of likely N-dealkylation sites (tertiary alicyclic amines) is 1. The topological polar surface area (TPSA) is 99.2 Å². The number of esters is 1. The normalized spacial score (nSPS) is 23.0. The zero-order chi connectivity index (χ0) is 20.4. The van der Waals surface area contributed by atoms with Gasteiger partial charge >= 0.3 is 5.97 Å². The molecule has 0 spiro atoms. The molecule has 1 saturated carbocycles. The summed E-state index contributed by atoms with van der Waals surface area (Å²) < 4.78 is 15.9. The Labute approximate surface area is 168 Å². The summed E-state index contributed by atoms with van der Waals surface area (Å²) in [6, 6.07) is 4.80. The lowest BCUT2D eigenvalue weighted by Crippen LogP contribution is -2.33. The van der Waals surface area contributed by atoms with Gasteiger partial charge in [-0.05, 0) is 31.0 Å². The van der Waals surface area contributed by atoms with Gasteiger partial charge in [-0.15, -0.1) is 0 Å². The number of ether oxygens (including phenoxy) is 3. The van der Waals surface area contributed by atoms with Crippen molar-refractivity contribution in [3.8, 4) is 11.5 Å². The number of rotatable bonds is 6. The Morgan fingerprint density at radius 3 is 2.34 bits per heavy atom. The lowest BCUT2D eigenvalue weighted by molar-refractivity contribution is -0.145. The molecule has 0 radical (unpaired) electrons. The zero-order valence-corrected chi connectivity index (χ0v) is 16.1. The van der Waals surface area contributed by atoms with Crippen molar-refractivity contribution < 1.29 is 33.4 Å². The van der Waals surface area contributed by atoms with Crippen LogP contribution >= 0.6 is 0 Å². The second-order valence-electron chi connectivity index (χ2n) is 7.52. The maximum absolute atomic E-state index is 12.4. The molecule has 2 aliphatic heterocycles. The van der Waals surface area contributed by atoms with Crippen molar-refractivity contribution in [3.63, 3.8) is 0 Å². The summed E-state index contributed by atoms with van der Waals surface area (Å²) in [6.45, 7) is 0.462. The maximum Gasteiger partial charge on any atom is 0.308 e. The Bertz CT molecular complexity index is 825. The molecule has 0 aromatic heterocycles. The van der Waals surface area contributed by atoms with Crippen LogP contribution in [0.4, 0.5) is 0 Å². The van der Waals surface area contributed by atoms with Crippen molar-refractivity contribution in [2.45, 2.75) is 32.1 Å². The van der Waals surface area contributed by atoms with Crippen LogP contribution in [0.15, 0.2) is 18.2 Å². The first-order valence-corrected chi connectivity index (χ1v) is 9.98. The van der Waals surface area contributed by atoms with E-state index >= 15 is 0 Å². The Kier molecular flexibility index (Phi) is 5.51. The summed E-state index contributed by atoms with van der Waals surface area (Å²) in [7, 11) is 0. The molecular weight excluding hydrogens is 378 g/mol. The van der Waals surface area contributed by atoms with E-state index in [1.165, 1.54) is 4.90 Å². The lowest BCUT2D eigenvalue weighted by Gasteiger charge is -2.19. The van der Waals surface area contributed by atoms with Crippen molar-refractivity contribution in [3.05, 3.63) is 23.8 Å². The number of hydrogen-bond acceptors (Lipinski definition) is 7. The van der Waals surface area contributed by atoms with Crippen LogP contribution in [0.25, 0.3) is 0 Å². The molecule has 0 bridgehead atoms. The highest BCUT2D eigenvalue weighted by molar-refractivity contribution is 6.05. The molecular formula is C21H23NO7. The molecule has 8 heteroatoms. The monoisotopic (exact) mass is 401 g/mol. The first-order chi connectivity index (χ1) is 14.0. The van der Waals surface area contributed by atoms with Crippen molar-refractivity contribution in [2.75, 3.05) is 26.4 Å². The minimum atomic E-state index is -0.619. The first kappa shape index (κ1) is 19.4. The Balaban J connectivity index is 1.26. The number of hydrogen-bond donors (Lipinski definition) is 0. The number of nitrogens with zero attached hydrogens (tertiary/aromatic N) is 1. The van der Waals surface area contributed by atoms with E-state index in [1.807, 2.05) is 0 Å². The summed E-state index contributed by atoms with van der Waals surface area (Å²) >= 11 is 0. The van der Waals surface area contributed by atoms with Crippen LogP contribution in [0, 0.1) is 11.8 Å². The molecule has 1 aromatic carbocycles. The molecule has 4 rings (SSSR count). The summed E-state index contributed by atoms with van der Waals surface area (Å²) in [5, 5.41) is 0. The highest BCUT2D eigenvalue weighted by Gasteiger charge is 2.47. The van der Waals surface area contributed by atoms with E-state index < -0.39 is 12.6 Å². The molecule has 2 amide bonds. The molecule has 29 heavy (non-hydrogen) atoms. The van der Waals surface area contributed by atoms with Crippen LogP contribution in [0.2, 0.25) is 0 Å². The van der Waals surface area contributed by atoms with Gasteiger partial charge in [0.1, 0.15) is 13.2 Å². The van der Waals surface area contributed by atoms with E-state index in [0.29, 0.717) is 30.3 Å². The van der Waals surface area contributed by atoms with E-state index in [0.717, 1.165) is 25.7 Å². The molecule has 3 aliphatic rings. The molecule has 0 unspecified atom stereocenters. The van der Waals surface area contributed by atoms with Crippen LogP contribution in [0.1, 0.15) is 42.5 Å². The van der Waals surface area contributed by atoms with Gasteiger partial charge in [-0.3, -0.25) is 24.1 Å². The van der Waals surface area contributed by atoms with Crippen LogP contribution in [0.3, 0.4) is 0 Å². The number of fused-ring (bicyclic) bond motifs is 2. The third kappa shape index (κ3) is 3.97. The number of carbonyl (C=O) groups excluding carboxylic acids is 4. The molecule has 1 aromatic rings. The van der Waals surface area contributed by atoms with Crippen LogP contribution in [-0.2, 0) is 19.1 Å². The predicted molar refractivity (Wildman–Crippen MR) is 99.5 cm³/mol. The first-order valence-electron chi connectivity index (χ1n) is 9.98. The van der Waals surface area contributed by atoms with Gasteiger partial charge in [0.2, 0.25) is 11.8 Å². The smallest absolute Gasteiger partial charge is 0.308 e. The van der Waals surface area contributed by atoms with Crippen molar-refractivity contribution in [1.29, 1.82) is 0 Å². The van der Waals surface area contributed by atoms with E-state index in [-0.39, 0.29) is 42.4 Å². The zero-order valence-electron chi connectivity index (χ0n) is 16.1. The lowest BCUT2D eigenvalue weighted by atomic mass is 9.81. The highest BCUT2D eigenvalue weighted by Crippen LogP contribution is 2.38. The third-order valence-corrected chi connectivity index (χ3v) is 5.70. The number of imide groups is 1. The van der Waals surface area contributed by atoms with Gasteiger partial charge in [0.05, 0.1) is 18.3 Å². The number of ketones is 1. The minimum Gasteiger partial charge on any atom is -0.486 e. The number of benzene rings is 1. The van der Waals surface area contributed by atoms with Gasteiger partial charge in [-0.2, -0.15) is 0 Å². The van der Waals surface area contributed by atoms with Crippen molar-refractivity contribution in [1.82, 2.24) is 4.90 Å². The van der Waals surface area contributed by atoms with Gasteiger partial charge in [0.25, 0.3) is 0 Å². The second-order valence-corrected chi connectivity index (χ2v) is 7.52. The highest BCUT2D eigenvalue weighted by atomic mass is 16.6. The molecule has 2 atom stereocenters. The molecule has 2 heterocycles. The van der Waals surface area contributed by atoms with Gasteiger partial charge in [0.15, 0.2) is 23.9 Å². The molecule has 2 fully saturated rings. The summed E-state index contributed by atoms with van der Waals surface area (Å²) in [5.41, 5.74) is 0.357. The van der Waals surface area contributed by atoms with E-state index in [2.05, 4.69) is 0 Å². The van der Waals surface area contributed by atoms with Crippen molar-refractivity contribution >= 4 is 23.6 Å². The van der Waals surface area contributed by atoms with Gasteiger partial charge in [0, 0.05) is 12.1 Å². The SMILES string of the molecule is O=C(CCN1C(=O)[C@H]2CCCC[C@H]2C1=O)OCC(=O)c1ccc2c(c1)OCCO2. The molecule has 1 saturated heterocycles. The summed E-state index contributed by atoms with van der Waals surface area (Å²) in [4.78, 5) is 50.3. The van der Waals surface area contributed by atoms with Gasteiger partial charge in [-0.25, -0.2) is 0 Å². The fourth-order valence-electron chi connectivity index (χ4n) is 4.17. The molecule has 1 aliphatic carbocycles. The second kappa shape index (κ2) is 8.23. The molecule has 0 N–H and O–H groups in total. The predicted octanol–water partition coefficient (Wildman–Crippen LogP) is 1.75. The quantitative estimate of drug-likeness (QED) is 0.407.